The van der Waals surface area contributed by atoms with Crippen molar-refractivity contribution in [3.8, 4) is 5.75 Å². The molecule has 0 radical (unpaired) electrons. The van der Waals surface area contributed by atoms with Crippen LogP contribution in [0, 0.1) is 11.3 Å². The summed E-state index contributed by atoms with van der Waals surface area (Å²) in [6.07, 6.45) is 1.30. The summed E-state index contributed by atoms with van der Waals surface area (Å²) < 4.78 is 0. The van der Waals surface area contributed by atoms with Gasteiger partial charge in [-0.15, -0.1) is 0 Å². The van der Waals surface area contributed by atoms with Crippen LogP contribution in [-0.2, 0) is 16.6 Å². The third-order valence-corrected chi connectivity index (χ3v) is 6.38. The van der Waals surface area contributed by atoms with E-state index in [0.717, 1.165) is 17.5 Å². The van der Waals surface area contributed by atoms with E-state index in [2.05, 4.69) is 20.8 Å². The molecule has 0 aliphatic heterocycles. The third-order valence-electron chi connectivity index (χ3n) is 6.38. The molecule has 0 spiro atoms. The van der Waals surface area contributed by atoms with Gasteiger partial charge >= 0.3 is 0 Å². The second-order valence-electron chi connectivity index (χ2n) is 8.49. The van der Waals surface area contributed by atoms with E-state index in [9.17, 15) is 15.0 Å². The number of phenolic OH excluding ortho intramolecular Hbond substituents is 1. The summed E-state index contributed by atoms with van der Waals surface area (Å²) >= 11 is 0. The molecule has 126 valence electrons. The number of benzene rings is 1. The van der Waals surface area contributed by atoms with E-state index in [0.29, 0.717) is 18.6 Å². The lowest BCUT2D eigenvalue weighted by molar-refractivity contribution is -0.143. The minimum Gasteiger partial charge on any atom is -0.508 e. The van der Waals surface area contributed by atoms with Crippen LogP contribution < -0.4 is 0 Å². The van der Waals surface area contributed by atoms with Gasteiger partial charge in [0.25, 0.3) is 0 Å². The monoisotopic (exact) mass is 316 g/mol. The number of hydrogen-bond acceptors (Lipinski definition) is 3. The summed E-state index contributed by atoms with van der Waals surface area (Å²) in [7, 11) is 0. The van der Waals surface area contributed by atoms with Crippen molar-refractivity contribution in [2.24, 2.45) is 11.3 Å². The Morgan fingerprint density at radius 1 is 1.22 bits per heavy atom. The van der Waals surface area contributed by atoms with Crippen molar-refractivity contribution in [3.05, 3.63) is 28.8 Å². The first-order chi connectivity index (χ1) is 10.6. The maximum absolute atomic E-state index is 12.4. The fourth-order valence-corrected chi connectivity index (χ4v) is 5.41. The molecule has 3 atom stereocenters. The quantitative estimate of drug-likeness (QED) is 0.830. The molecule has 0 heterocycles. The second-order valence-corrected chi connectivity index (χ2v) is 8.49. The topological polar surface area (TPSA) is 57.5 Å². The van der Waals surface area contributed by atoms with E-state index < -0.39 is 11.5 Å². The molecule has 23 heavy (non-hydrogen) atoms. The van der Waals surface area contributed by atoms with Crippen LogP contribution in [0.1, 0.15) is 70.1 Å². The zero-order valence-corrected chi connectivity index (χ0v) is 14.8. The van der Waals surface area contributed by atoms with Crippen LogP contribution in [0.5, 0.6) is 5.75 Å². The van der Waals surface area contributed by atoms with Crippen molar-refractivity contribution in [1.29, 1.82) is 0 Å². The highest BCUT2D eigenvalue weighted by atomic mass is 16.3. The first-order valence-electron chi connectivity index (χ1n) is 8.67. The highest BCUT2D eigenvalue weighted by Crippen LogP contribution is 2.57. The molecule has 0 saturated heterocycles. The normalized spacial score (nSPS) is 32.6. The molecule has 0 bridgehead atoms. The highest BCUT2D eigenvalue weighted by Gasteiger charge is 2.57. The van der Waals surface area contributed by atoms with Crippen molar-refractivity contribution in [2.45, 2.75) is 71.3 Å². The maximum Gasteiger partial charge on any atom is 0.138 e. The molecule has 0 aromatic heterocycles. The smallest absolute Gasteiger partial charge is 0.138 e. The molecule has 0 amide bonds. The Hall–Kier alpha value is -1.35. The molecule has 1 aromatic rings. The minimum absolute atomic E-state index is 0.0756. The number of rotatable bonds is 1. The molecular formula is C20H28O3. The summed E-state index contributed by atoms with van der Waals surface area (Å²) in [6.45, 7) is 10.3. The Morgan fingerprint density at radius 2 is 1.87 bits per heavy atom. The molecule has 2 aliphatic rings. The molecule has 0 unspecified atom stereocenters. The van der Waals surface area contributed by atoms with Gasteiger partial charge in [-0.3, -0.25) is 4.79 Å². The number of aliphatic hydroxyl groups is 1. The summed E-state index contributed by atoms with van der Waals surface area (Å²) in [5.41, 5.74) is 2.53. The Kier molecular flexibility index (Phi) is 3.64. The number of carbonyl (C=O) groups excluding carboxylic acids is 1. The fraction of sp³-hybridized carbons (Fsp3) is 0.650. The number of phenols is 1. The predicted octanol–water partition coefficient (Wildman–Crippen LogP) is 3.70. The van der Waals surface area contributed by atoms with Gasteiger partial charge in [-0.1, -0.05) is 40.7 Å². The fourth-order valence-electron chi connectivity index (χ4n) is 5.41. The van der Waals surface area contributed by atoms with E-state index >= 15 is 0 Å². The van der Waals surface area contributed by atoms with Gasteiger partial charge in [0.15, 0.2) is 0 Å². The Morgan fingerprint density at radius 3 is 2.48 bits per heavy atom. The molecule has 3 rings (SSSR count). The largest absolute Gasteiger partial charge is 0.508 e. The summed E-state index contributed by atoms with van der Waals surface area (Å²) in [6, 6.07) is 3.80. The Bertz CT molecular complexity index is 659. The summed E-state index contributed by atoms with van der Waals surface area (Å²) in [5, 5.41) is 21.2. The number of aromatic hydroxyl groups is 1. The van der Waals surface area contributed by atoms with Gasteiger partial charge in [0, 0.05) is 17.8 Å². The number of fused-ring (bicyclic) bond motifs is 3. The highest BCUT2D eigenvalue weighted by molar-refractivity contribution is 5.86. The number of hydrogen-bond donors (Lipinski definition) is 2. The standard InChI is InChI=1S/C20H28O3/c1-11(2)17-12-10-15(22)18-19(3,4)16(23)8-9-20(18,5)13(12)6-7-14(17)21/h6-7,11,15,18,21-22H,8-10H2,1-5H3/t15-,18+,20-/m1/s1. The second kappa shape index (κ2) is 5.07. The van der Waals surface area contributed by atoms with Gasteiger partial charge in [0.05, 0.1) is 6.10 Å². The summed E-state index contributed by atoms with van der Waals surface area (Å²) in [4.78, 5) is 12.4. The van der Waals surface area contributed by atoms with E-state index in [1.165, 1.54) is 5.56 Å². The van der Waals surface area contributed by atoms with Gasteiger partial charge < -0.3 is 10.2 Å². The van der Waals surface area contributed by atoms with Crippen LogP contribution in [0.3, 0.4) is 0 Å². The maximum atomic E-state index is 12.4. The van der Waals surface area contributed by atoms with E-state index in [1.807, 2.05) is 19.9 Å². The SMILES string of the molecule is CC(C)c1c(O)ccc2c1C[C@@H](O)[C@H]1C(C)(C)C(=O)CC[C@]21C. The van der Waals surface area contributed by atoms with Crippen LogP contribution >= 0.6 is 0 Å². The first-order valence-corrected chi connectivity index (χ1v) is 8.67. The molecule has 2 aliphatic carbocycles. The van der Waals surface area contributed by atoms with Crippen LogP contribution in [0.2, 0.25) is 0 Å². The lowest BCUT2D eigenvalue weighted by Gasteiger charge is -2.55. The average molecular weight is 316 g/mol. The zero-order valence-electron chi connectivity index (χ0n) is 14.8. The van der Waals surface area contributed by atoms with Crippen LogP contribution in [0.25, 0.3) is 0 Å². The molecule has 1 aromatic carbocycles. The van der Waals surface area contributed by atoms with Gasteiger partial charge in [0.2, 0.25) is 0 Å². The average Bonchev–Trinajstić information content (AvgIpc) is 2.42. The molecule has 3 heteroatoms. The Balaban J connectivity index is 2.24. The van der Waals surface area contributed by atoms with Gasteiger partial charge in [-0.05, 0) is 46.9 Å². The third kappa shape index (κ3) is 2.16. The molecular weight excluding hydrogens is 288 g/mol. The van der Waals surface area contributed by atoms with Gasteiger partial charge in [0.1, 0.15) is 11.5 Å². The van der Waals surface area contributed by atoms with E-state index in [-0.39, 0.29) is 23.0 Å². The zero-order chi connectivity index (χ0) is 17.2. The lowest BCUT2D eigenvalue weighted by atomic mass is 9.48. The molecule has 1 fully saturated rings. The van der Waals surface area contributed by atoms with Crippen molar-refractivity contribution in [1.82, 2.24) is 0 Å². The van der Waals surface area contributed by atoms with Crippen molar-refractivity contribution < 1.29 is 15.0 Å². The number of carbonyl (C=O) groups is 1. The van der Waals surface area contributed by atoms with Gasteiger partial charge in [-0.25, -0.2) is 0 Å². The number of Topliss-reactive ketones (excluding diaryl/α,β-unsaturated/α-hetero) is 1. The number of aliphatic hydroxyl groups excluding tert-OH is 1. The molecule has 2 N–H and O–H groups in total. The van der Waals surface area contributed by atoms with Crippen molar-refractivity contribution >= 4 is 5.78 Å². The summed E-state index contributed by atoms with van der Waals surface area (Å²) in [5.74, 6) is 0.702. The van der Waals surface area contributed by atoms with Crippen LogP contribution in [-0.4, -0.2) is 22.1 Å². The van der Waals surface area contributed by atoms with Gasteiger partial charge in [-0.2, -0.15) is 0 Å². The first kappa shape index (κ1) is 16.5. The van der Waals surface area contributed by atoms with Crippen molar-refractivity contribution in [2.75, 3.05) is 0 Å². The molecule has 1 saturated carbocycles. The van der Waals surface area contributed by atoms with Crippen LogP contribution in [0.15, 0.2) is 12.1 Å². The minimum atomic E-state index is -0.550. The Labute approximate surface area is 138 Å². The molecule has 3 nitrogen and oxygen atoms in total. The van der Waals surface area contributed by atoms with E-state index in [1.54, 1.807) is 6.07 Å². The predicted molar refractivity (Wildman–Crippen MR) is 90.8 cm³/mol. The number of ketones is 1. The van der Waals surface area contributed by atoms with E-state index in [4.69, 9.17) is 0 Å². The van der Waals surface area contributed by atoms with Crippen molar-refractivity contribution in [3.63, 3.8) is 0 Å². The lowest BCUT2D eigenvalue weighted by Crippen LogP contribution is -2.57. The van der Waals surface area contributed by atoms with Crippen LogP contribution in [0.4, 0.5) is 0 Å².